The van der Waals surface area contributed by atoms with Gasteiger partial charge in [0.2, 0.25) is 0 Å². The molecular formula is C20H17F2N3O4S. The van der Waals surface area contributed by atoms with E-state index >= 15 is 0 Å². The number of aryl methyl sites for hydroxylation is 1. The van der Waals surface area contributed by atoms with Crippen molar-refractivity contribution in [2.45, 2.75) is 0 Å². The maximum Gasteiger partial charge on any atom is 0.273 e. The van der Waals surface area contributed by atoms with E-state index in [-0.39, 0.29) is 22.9 Å². The molecule has 10 heteroatoms. The molecule has 0 saturated heterocycles. The minimum Gasteiger partial charge on any atom is -0.454 e. The Morgan fingerprint density at radius 1 is 1.13 bits per heavy atom. The van der Waals surface area contributed by atoms with Gasteiger partial charge in [-0.1, -0.05) is 6.58 Å². The average molecular weight is 433 g/mol. The molecule has 7 nitrogen and oxygen atoms in total. The molecule has 0 aliphatic rings. The number of anilines is 2. The van der Waals surface area contributed by atoms with Gasteiger partial charge in [-0.15, -0.1) is 0 Å². The minimum absolute atomic E-state index is 0.0500. The third-order valence-electron chi connectivity index (χ3n) is 4.09. The fourth-order valence-corrected chi connectivity index (χ4v) is 3.21. The van der Waals surface area contributed by atoms with E-state index < -0.39 is 27.2 Å². The lowest BCUT2D eigenvalue weighted by Gasteiger charge is -2.15. The van der Waals surface area contributed by atoms with Gasteiger partial charge >= 0.3 is 0 Å². The van der Waals surface area contributed by atoms with Gasteiger partial charge in [0.25, 0.3) is 15.6 Å². The molecule has 156 valence electrons. The van der Waals surface area contributed by atoms with Crippen LogP contribution in [0, 0.1) is 11.6 Å². The summed E-state index contributed by atoms with van der Waals surface area (Å²) in [5.74, 6) is -1.80. The van der Waals surface area contributed by atoms with Crippen LogP contribution in [0.4, 0.5) is 20.2 Å². The predicted molar refractivity (Wildman–Crippen MR) is 111 cm³/mol. The van der Waals surface area contributed by atoms with E-state index in [1.807, 2.05) is 0 Å². The molecule has 0 fully saturated rings. The van der Waals surface area contributed by atoms with Crippen LogP contribution in [-0.2, 0) is 17.1 Å². The normalized spacial score (nSPS) is 11.2. The predicted octanol–water partition coefficient (Wildman–Crippen LogP) is 3.59. The molecule has 0 atom stereocenters. The van der Waals surface area contributed by atoms with E-state index in [2.05, 4.69) is 11.3 Å². The van der Waals surface area contributed by atoms with Gasteiger partial charge in [-0.25, -0.2) is 17.2 Å². The first-order chi connectivity index (χ1) is 14.1. The third-order valence-corrected chi connectivity index (χ3v) is 5.05. The summed E-state index contributed by atoms with van der Waals surface area (Å²) < 4.78 is 60.0. The number of rotatable bonds is 6. The zero-order valence-corrected chi connectivity index (χ0v) is 16.5. The van der Waals surface area contributed by atoms with E-state index in [0.29, 0.717) is 17.2 Å². The molecule has 0 aliphatic heterocycles. The van der Waals surface area contributed by atoms with Crippen LogP contribution in [0.5, 0.6) is 11.5 Å². The number of nitrogen functional groups attached to an aromatic ring is 1. The lowest BCUT2D eigenvalue weighted by atomic mass is 10.1. The van der Waals surface area contributed by atoms with Gasteiger partial charge in [-0.3, -0.25) is 9.52 Å². The van der Waals surface area contributed by atoms with E-state index in [1.165, 1.54) is 42.1 Å². The highest BCUT2D eigenvalue weighted by molar-refractivity contribution is 7.95. The molecule has 3 aromatic rings. The highest BCUT2D eigenvalue weighted by Gasteiger charge is 2.15. The molecule has 3 N–H and O–H groups in total. The summed E-state index contributed by atoms with van der Waals surface area (Å²) in [4.78, 5) is 11.9. The Hall–Kier alpha value is -3.66. The van der Waals surface area contributed by atoms with Crippen LogP contribution in [0.3, 0.4) is 0 Å². The van der Waals surface area contributed by atoms with Crippen LogP contribution in [-0.4, -0.2) is 13.0 Å². The Bertz CT molecular complexity index is 1280. The molecule has 2 aromatic carbocycles. The number of nitrogens with two attached hydrogens (primary N) is 1. The van der Waals surface area contributed by atoms with Gasteiger partial charge in [-0.2, -0.15) is 0 Å². The molecule has 0 spiro atoms. The zero-order valence-electron chi connectivity index (χ0n) is 15.7. The van der Waals surface area contributed by atoms with Crippen LogP contribution >= 0.6 is 0 Å². The number of nitrogens with zero attached hydrogens (tertiary/aromatic N) is 1. The molecule has 0 radical (unpaired) electrons. The standard InChI is InChI=1S/C20H17F2N3O4S/c1-3-30(27,28)24-14-5-7-18(29-19-6-4-13(21)9-16(19)22)15(10-14)12-8-17(23)20(26)25(2)11-12/h3-11,24H,1,23H2,2H3. The monoisotopic (exact) mass is 433 g/mol. The Kier molecular flexibility index (Phi) is 5.61. The van der Waals surface area contributed by atoms with Gasteiger partial charge < -0.3 is 15.0 Å². The highest BCUT2D eigenvalue weighted by atomic mass is 32.2. The summed E-state index contributed by atoms with van der Waals surface area (Å²) in [7, 11) is -2.29. The summed E-state index contributed by atoms with van der Waals surface area (Å²) in [5, 5.41) is 0.745. The van der Waals surface area contributed by atoms with Gasteiger partial charge in [-0.05, 0) is 36.4 Å². The van der Waals surface area contributed by atoms with Crippen LogP contribution in [0.25, 0.3) is 11.1 Å². The lowest BCUT2D eigenvalue weighted by Crippen LogP contribution is -2.19. The van der Waals surface area contributed by atoms with Crippen molar-refractivity contribution < 1.29 is 21.9 Å². The second-order valence-corrected chi connectivity index (χ2v) is 7.93. The van der Waals surface area contributed by atoms with Gasteiger partial charge in [0, 0.05) is 41.5 Å². The summed E-state index contributed by atoms with van der Waals surface area (Å²) in [5.41, 5.74) is 6.18. The Balaban J connectivity index is 2.16. The number of hydrogen-bond donors (Lipinski definition) is 2. The number of pyridine rings is 1. The van der Waals surface area contributed by atoms with Gasteiger partial charge in [0.05, 0.1) is 5.69 Å². The molecule has 0 bridgehead atoms. The van der Waals surface area contributed by atoms with E-state index in [4.69, 9.17) is 10.5 Å². The van der Waals surface area contributed by atoms with E-state index in [0.717, 1.165) is 17.5 Å². The summed E-state index contributed by atoms with van der Waals surface area (Å²) in [6.07, 6.45) is 1.47. The van der Waals surface area contributed by atoms with Crippen molar-refractivity contribution in [2.75, 3.05) is 10.5 Å². The zero-order chi connectivity index (χ0) is 22.1. The molecule has 1 heterocycles. The second kappa shape index (κ2) is 7.99. The fourth-order valence-electron chi connectivity index (χ4n) is 2.68. The maximum atomic E-state index is 14.1. The smallest absolute Gasteiger partial charge is 0.273 e. The molecule has 0 aliphatic carbocycles. The highest BCUT2D eigenvalue weighted by Crippen LogP contribution is 2.37. The quantitative estimate of drug-likeness (QED) is 0.618. The first kappa shape index (κ1) is 21.1. The van der Waals surface area contributed by atoms with E-state index in [9.17, 15) is 22.0 Å². The second-order valence-electron chi connectivity index (χ2n) is 6.30. The van der Waals surface area contributed by atoms with E-state index in [1.54, 1.807) is 0 Å². The number of sulfonamides is 1. The molecule has 30 heavy (non-hydrogen) atoms. The van der Waals surface area contributed by atoms with Crippen molar-refractivity contribution in [3.8, 4) is 22.6 Å². The number of ether oxygens (including phenoxy) is 1. The van der Waals surface area contributed by atoms with Crippen molar-refractivity contribution in [3.63, 3.8) is 0 Å². The van der Waals surface area contributed by atoms with Crippen LogP contribution in [0.15, 0.2) is 65.4 Å². The summed E-state index contributed by atoms with van der Waals surface area (Å²) in [6.45, 7) is 3.23. The Morgan fingerprint density at radius 2 is 1.83 bits per heavy atom. The number of aromatic nitrogens is 1. The van der Waals surface area contributed by atoms with Crippen molar-refractivity contribution in [1.82, 2.24) is 4.57 Å². The first-order valence-electron chi connectivity index (χ1n) is 8.48. The number of benzene rings is 2. The SMILES string of the molecule is C=CS(=O)(=O)Nc1ccc(Oc2ccc(F)cc2F)c(-c2cc(N)c(=O)n(C)c2)c1. The molecule has 3 rings (SSSR count). The third kappa shape index (κ3) is 4.49. The number of halogens is 2. The molecule has 0 amide bonds. The summed E-state index contributed by atoms with van der Waals surface area (Å²) in [6, 6.07) is 8.44. The fraction of sp³-hybridized carbons (Fsp3) is 0.0500. The van der Waals surface area contributed by atoms with Crippen LogP contribution < -0.4 is 20.8 Å². The minimum atomic E-state index is -3.79. The summed E-state index contributed by atoms with van der Waals surface area (Å²) >= 11 is 0. The average Bonchev–Trinajstić information content (AvgIpc) is 2.68. The van der Waals surface area contributed by atoms with Crippen molar-refractivity contribution >= 4 is 21.4 Å². The lowest BCUT2D eigenvalue weighted by molar-refractivity contribution is 0.439. The number of hydrogen-bond acceptors (Lipinski definition) is 5. The first-order valence-corrected chi connectivity index (χ1v) is 10.0. The van der Waals surface area contributed by atoms with Gasteiger partial charge in [0.1, 0.15) is 11.6 Å². The maximum absolute atomic E-state index is 14.1. The molecule has 1 aromatic heterocycles. The molecule has 0 unspecified atom stereocenters. The Morgan fingerprint density at radius 3 is 2.47 bits per heavy atom. The number of nitrogens with one attached hydrogen (secondary N) is 1. The van der Waals surface area contributed by atoms with Crippen LogP contribution in [0.1, 0.15) is 0 Å². The van der Waals surface area contributed by atoms with Crippen molar-refractivity contribution in [3.05, 3.63) is 82.6 Å². The van der Waals surface area contributed by atoms with Crippen molar-refractivity contribution in [1.29, 1.82) is 0 Å². The molecule has 0 saturated carbocycles. The van der Waals surface area contributed by atoms with Crippen molar-refractivity contribution in [2.24, 2.45) is 7.05 Å². The van der Waals surface area contributed by atoms with Crippen LogP contribution in [0.2, 0.25) is 0 Å². The topological polar surface area (TPSA) is 103 Å². The molecular weight excluding hydrogens is 416 g/mol. The Labute approximate surface area is 171 Å². The largest absolute Gasteiger partial charge is 0.454 e. The van der Waals surface area contributed by atoms with Gasteiger partial charge in [0.15, 0.2) is 11.6 Å².